The van der Waals surface area contributed by atoms with Crippen LogP contribution in [0.3, 0.4) is 0 Å². The molecule has 0 bridgehead atoms. The molecule has 0 spiro atoms. The second-order valence-corrected chi connectivity index (χ2v) is 6.48. The number of rotatable bonds is 3. The van der Waals surface area contributed by atoms with Crippen LogP contribution in [-0.2, 0) is 14.8 Å². The quantitative estimate of drug-likeness (QED) is 0.655. The van der Waals surface area contributed by atoms with Crippen molar-refractivity contribution in [1.29, 1.82) is 0 Å². The minimum atomic E-state index is -3.80. The van der Waals surface area contributed by atoms with Gasteiger partial charge in [-0.25, -0.2) is 12.8 Å². The summed E-state index contributed by atoms with van der Waals surface area (Å²) in [4.78, 5) is 1.89. The first kappa shape index (κ1) is 13.9. The molecule has 0 fully saturated rings. The Hall–Kier alpha value is -1.50. The first-order valence-corrected chi connectivity index (χ1v) is 7.23. The molecule has 1 aromatic carbocycles. The Kier molecular flexibility index (Phi) is 3.58. The fourth-order valence-electron chi connectivity index (χ4n) is 2.28. The van der Waals surface area contributed by atoms with Gasteiger partial charge < -0.3 is 0 Å². The molecule has 19 heavy (non-hydrogen) atoms. The van der Waals surface area contributed by atoms with Gasteiger partial charge in [0, 0.05) is 0 Å². The van der Waals surface area contributed by atoms with Gasteiger partial charge in [-0.1, -0.05) is 35.9 Å². The normalized spacial score (nSPS) is 23.2. The number of hydrogen-bond acceptors (Lipinski definition) is 3. The number of allylic oxidation sites excluding steroid dienone is 3. The molecule has 1 aliphatic carbocycles. The highest BCUT2D eigenvalue weighted by atomic mass is 32.2. The van der Waals surface area contributed by atoms with Gasteiger partial charge in [0.25, 0.3) is 0 Å². The number of sulfonamides is 1. The van der Waals surface area contributed by atoms with Gasteiger partial charge in [-0.3, -0.25) is 5.84 Å². The molecule has 6 heteroatoms. The van der Waals surface area contributed by atoms with Gasteiger partial charge in [-0.15, -0.1) is 0 Å². The Labute approximate surface area is 111 Å². The summed E-state index contributed by atoms with van der Waals surface area (Å²) < 4.78 is 36.3. The number of nitrogens with two attached hydrogens (primary N) is 1. The molecule has 1 aromatic rings. The summed E-state index contributed by atoms with van der Waals surface area (Å²) in [7, 11) is -3.80. The molecule has 0 heterocycles. The molecule has 102 valence electrons. The number of nitrogens with one attached hydrogen (secondary N) is 1. The maximum atomic E-state index is 13.0. The average Bonchev–Trinajstić information content (AvgIpc) is 2.39. The number of halogens is 1. The van der Waals surface area contributed by atoms with Crippen LogP contribution < -0.4 is 10.7 Å². The highest BCUT2D eigenvalue weighted by Crippen LogP contribution is 2.38. The highest BCUT2D eigenvalue weighted by Gasteiger charge is 2.43. The Morgan fingerprint density at radius 2 is 1.95 bits per heavy atom. The summed E-state index contributed by atoms with van der Waals surface area (Å²) in [5.74, 6) is 4.76. The average molecular weight is 282 g/mol. The third kappa shape index (κ3) is 2.34. The van der Waals surface area contributed by atoms with Crippen molar-refractivity contribution < 1.29 is 12.8 Å². The minimum absolute atomic E-state index is 0.252. The van der Waals surface area contributed by atoms with Gasteiger partial charge in [0.15, 0.2) is 0 Å². The van der Waals surface area contributed by atoms with E-state index in [1.807, 2.05) is 10.9 Å². The third-order valence-electron chi connectivity index (χ3n) is 3.23. The standard InChI is InChI=1S/C13H15FN2O2S/c1-10-3-2-8-13(9-10,19(17,18)16-15)11-4-6-12(14)7-5-11/h2-7,9,16H,8,15H2,1H3. The minimum Gasteiger partial charge on any atom is -0.258 e. The Morgan fingerprint density at radius 3 is 2.47 bits per heavy atom. The lowest BCUT2D eigenvalue weighted by molar-refractivity contribution is 0.543. The predicted molar refractivity (Wildman–Crippen MR) is 71.8 cm³/mol. The molecular weight excluding hydrogens is 267 g/mol. The summed E-state index contributed by atoms with van der Waals surface area (Å²) in [6.07, 6.45) is 5.50. The lowest BCUT2D eigenvalue weighted by Crippen LogP contribution is -2.46. The van der Waals surface area contributed by atoms with E-state index >= 15 is 0 Å². The van der Waals surface area contributed by atoms with E-state index in [9.17, 15) is 12.8 Å². The van der Waals surface area contributed by atoms with Crippen molar-refractivity contribution in [3.63, 3.8) is 0 Å². The summed E-state index contributed by atoms with van der Waals surface area (Å²) in [5, 5.41) is 0. The molecule has 1 atom stereocenters. The molecule has 1 aliphatic rings. The molecular formula is C13H15FN2O2S. The molecule has 0 aromatic heterocycles. The van der Waals surface area contributed by atoms with Gasteiger partial charge in [0.05, 0.1) is 0 Å². The summed E-state index contributed by atoms with van der Waals surface area (Å²) >= 11 is 0. The van der Waals surface area contributed by atoms with Crippen LogP contribution in [0.25, 0.3) is 0 Å². The molecule has 4 nitrogen and oxygen atoms in total. The second kappa shape index (κ2) is 4.88. The first-order valence-electron chi connectivity index (χ1n) is 5.75. The zero-order valence-corrected chi connectivity index (χ0v) is 11.2. The molecule has 0 aliphatic heterocycles. The smallest absolute Gasteiger partial charge is 0.238 e. The van der Waals surface area contributed by atoms with Crippen LogP contribution in [0.4, 0.5) is 4.39 Å². The van der Waals surface area contributed by atoms with E-state index < -0.39 is 20.6 Å². The molecule has 1 unspecified atom stereocenters. The Bertz CT molecular complexity index is 635. The maximum Gasteiger partial charge on any atom is 0.238 e. The SMILES string of the molecule is CC1=CC(c2ccc(F)cc2)(S(=O)(=O)NN)CC=C1. The molecule has 2 rings (SSSR count). The van der Waals surface area contributed by atoms with Gasteiger partial charge >= 0.3 is 0 Å². The Morgan fingerprint density at radius 1 is 1.32 bits per heavy atom. The van der Waals surface area contributed by atoms with Crippen LogP contribution in [0.5, 0.6) is 0 Å². The summed E-state index contributed by atoms with van der Waals surface area (Å²) in [5.41, 5.74) is 1.30. The van der Waals surface area contributed by atoms with Crippen LogP contribution in [0.15, 0.2) is 48.1 Å². The van der Waals surface area contributed by atoms with Gasteiger partial charge in [0.2, 0.25) is 10.0 Å². The number of benzene rings is 1. The maximum absolute atomic E-state index is 13.0. The van der Waals surface area contributed by atoms with E-state index in [4.69, 9.17) is 5.84 Å². The van der Waals surface area contributed by atoms with E-state index in [0.29, 0.717) is 5.56 Å². The fraction of sp³-hybridized carbons (Fsp3) is 0.231. The molecule has 3 N–H and O–H groups in total. The van der Waals surface area contributed by atoms with E-state index in [2.05, 4.69) is 0 Å². The molecule has 0 saturated carbocycles. The van der Waals surface area contributed by atoms with Crippen molar-refractivity contribution in [1.82, 2.24) is 4.83 Å². The van der Waals surface area contributed by atoms with E-state index in [1.165, 1.54) is 24.3 Å². The number of hydrogen-bond donors (Lipinski definition) is 2. The topological polar surface area (TPSA) is 72.2 Å². The molecule has 0 amide bonds. The van der Waals surface area contributed by atoms with Crippen LogP contribution in [0.1, 0.15) is 18.9 Å². The lowest BCUT2D eigenvalue weighted by Gasteiger charge is -2.31. The Balaban J connectivity index is 2.66. The molecule has 0 saturated heterocycles. The zero-order valence-electron chi connectivity index (χ0n) is 10.4. The zero-order chi connectivity index (χ0) is 14.1. The summed E-state index contributed by atoms with van der Waals surface area (Å²) in [6, 6.07) is 5.41. The largest absolute Gasteiger partial charge is 0.258 e. The van der Waals surface area contributed by atoms with Gasteiger partial charge in [0.1, 0.15) is 10.6 Å². The van der Waals surface area contributed by atoms with Crippen LogP contribution in [0, 0.1) is 5.82 Å². The van der Waals surface area contributed by atoms with Crippen LogP contribution >= 0.6 is 0 Å². The predicted octanol–water partition coefficient (Wildman–Crippen LogP) is 1.72. The van der Waals surface area contributed by atoms with Crippen molar-refractivity contribution in [3.05, 3.63) is 59.4 Å². The van der Waals surface area contributed by atoms with Crippen molar-refractivity contribution in [2.45, 2.75) is 18.1 Å². The summed E-state index contributed by atoms with van der Waals surface area (Å²) in [6.45, 7) is 1.81. The van der Waals surface area contributed by atoms with Crippen molar-refractivity contribution in [2.24, 2.45) is 5.84 Å². The fourth-order valence-corrected chi connectivity index (χ4v) is 3.59. The number of hydrazine groups is 1. The van der Waals surface area contributed by atoms with Crippen LogP contribution in [0.2, 0.25) is 0 Å². The van der Waals surface area contributed by atoms with Crippen molar-refractivity contribution >= 4 is 10.0 Å². The van der Waals surface area contributed by atoms with Gasteiger partial charge in [-0.05, 0) is 31.0 Å². The monoisotopic (exact) mass is 282 g/mol. The lowest BCUT2D eigenvalue weighted by atomic mass is 9.89. The molecule has 0 radical (unpaired) electrons. The van der Waals surface area contributed by atoms with Crippen LogP contribution in [-0.4, -0.2) is 8.42 Å². The van der Waals surface area contributed by atoms with Crippen molar-refractivity contribution in [3.8, 4) is 0 Å². The second-order valence-electron chi connectivity index (χ2n) is 4.51. The highest BCUT2D eigenvalue weighted by molar-refractivity contribution is 7.90. The first-order chi connectivity index (χ1) is 8.91. The van der Waals surface area contributed by atoms with Crippen molar-refractivity contribution in [2.75, 3.05) is 0 Å². The third-order valence-corrected chi connectivity index (χ3v) is 5.02. The van der Waals surface area contributed by atoms with E-state index in [-0.39, 0.29) is 6.42 Å². The van der Waals surface area contributed by atoms with E-state index in [1.54, 1.807) is 19.1 Å². The van der Waals surface area contributed by atoms with Gasteiger partial charge in [-0.2, -0.15) is 4.83 Å². The van der Waals surface area contributed by atoms with E-state index in [0.717, 1.165) is 5.57 Å².